The average molecular weight is 589 g/mol. The average Bonchev–Trinajstić information content (AvgIpc) is 2.70. The van der Waals surface area contributed by atoms with Gasteiger partial charge in [-0.1, -0.05) is 6.92 Å². The van der Waals surface area contributed by atoms with Crippen LogP contribution in [0, 0.1) is 5.92 Å². The van der Waals surface area contributed by atoms with E-state index in [9.17, 15) is 19.2 Å². The van der Waals surface area contributed by atoms with Gasteiger partial charge < -0.3 is 51.5 Å². The van der Waals surface area contributed by atoms with Crippen molar-refractivity contribution in [3.63, 3.8) is 0 Å². The number of carboxylic acid groups (broad SMARTS) is 8. The summed E-state index contributed by atoms with van der Waals surface area (Å²) in [5.74, 6) is -8.16. The molecule has 0 aromatic carbocycles. The molecule has 234 valence electrons. The molecule has 18 nitrogen and oxygen atoms in total. The smallest absolute Gasteiger partial charge is 0.321 e. The third kappa shape index (κ3) is 64.1. The van der Waals surface area contributed by atoms with Crippen molar-refractivity contribution in [2.45, 2.75) is 72.4 Å². The molecule has 10 N–H and O–H groups in total. The van der Waals surface area contributed by atoms with Crippen molar-refractivity contribution in [3.05, 3.63) is 0 Å². The minimum atomic E-state index is -1.23. The van der Waals surface area contributed by atoms with Gasteiger partial charge in [0.15, 0.2) is 0 Å². The van der Waals surface area contributed by atoms with Crippen LogP contribution in [-0.2, 0) is 38.4 Å². The molecule has 0 saturated carbocycles. The SMILES string of the molecule is CC(=O)O.CC(=O)O.CC(=O)O.CC(=O)O.CC(CCCN[C@@H](CC(=O)O)C(=O)O)CN[C@@H](CC(=O)O)C(=O)O. The second kappa shape index (κ2) is 29.2. The Labute approximate surface area is 229 Å². The van der Waals surface area contributed by atoms with E-state index in [1.165, 1.54) is 0 Å². The Kier molecular flexibility index (Phi) is 33.3. The molecule has 0 aromatic heterocycles. The van der Waals surface area contributed by atoms with Crippen LogP contribution in [0.2, 0.25) is 0 Å². The number of rotatable bonds is 14. The molecular formula is C22H40N2O16. The summed E-state index contributed by atoms with van der Waals surface area (Å²) < 4.78 is 0. The maximum atomic E-state index is 10.9. The van der Waals surface area contributed by atoms with Gasteiger partial charge in [-0.25, -0.2) is 0 Å². The first-order valence-corrected chi connectivity index (χ1v) is 11.2. The lowest BCUT2D eigenvalue weighted by molar-refractivity contribution is -0.146. The number of carbonyl (C=O) groups is 8. The van der Waals surface area contributed by atoms with Gasteiger partial charge in [0, 0.05) is 27.7 Å². The van der Waals surface area contributed by atoms with Crippen molar-refractivity contribution in [3.8, 4) is 0 Å². The highest BCUT2D eigenvalue weighted by atomic mass is 16.4. The Hall–Kier alpha value is -4.32. The molecule has 18 heteroatoms. The molecule has 0 aliphatic heterocycles. The Balaban J connectivity index is -0.000000207. The number of carboxylic acids is 8. The first-order valence-electron chi connectivity index (χ1n) is 11.2. The Morgan fingerprint density at radius 3 is 1.07 bits per heavy atom. The van der Waals surface area contributed by atoms with Crippen molar-refractivity contribution in [2.75, 3.05) is 13.1 Å². The zero-order valence-corrected chi connectivity index (χ0v) is 22.8. The minimum absolute atomic E-state index is 0.0465. The summed E-state index contributed by atoms with van der Waals surface area (Å²) in [5, 5.41) is 70.0. The zero-order valence-electron chi connectivity index (χ0n) is 22.8. The van der Waals surface area contributed by atoms with E-state index in [1.54, 1.807) is 0 Å². The second-order valence-electron chi connectivity index (χ2n) is 7.66. The molecule has 0 saturated heterocycles. The maximum absolute atomic E-state index is 10.9. The third-order valence-electron chi connectivity index (χ3n) is 3.33. The number of nitrogens with one attached hydrogen (secondary N) is 2. The van der Waals surface area contributed by atoms with E-state index >= 15 is 0 Å². The van der Waals surface area contributed by atoms with Crippen molar-refractivity contribution in [1.29, 1.82) is 0 Å². The summed E-state index contributed by atoms with van der Waals surface area (Å²) in [5.41, 5.74) is 0. The summed E-state index contributed by atoms with van der Waals surface area (Å²) >= 11 is 0. The molecule has 0 amide bonds. The normalized spacial score (nSPS) is 11.2. The van der Waals surface area contributed by atoms with Gasteiger partial charge in [-0.2, -0.15) is 0 Å². The fraction of sp³-hybridized carbons (Fsp3) is 0.636. The van der Waals surface area contributed by atoms with Gasteiger partial charge in [0.25, 0.3) is 23.9 Å². The standard InChI is InChI=1S/C14H24N2O8.4C2H4O2/c1-8(7-16-10(14(23)24)6-12(19)20)3-2-4-15-9(13(21)22)5-11(17)18;4*1-2(3)4/h8-10,15-16H,2-7H2,1H3,(H,17,18)(H,19,20)(H,21,22)(H,23,24);4*1H3,(H,3,4)/t8?,9-,10-;;;;/m0..../s1. The Bertz CT molecular complexity index is 736. The van der Waals surface area contributed by atoms with Gasteiger partial charge >= 0.3 is 23.9 Å². The lowest BCUT2D eigenvalue weighted by Crippen LogP contribution is -2.41. The van der Waals surface area contributed by atoms with Gasteiger partial charge in [-0.15, -0.1) is 0 Å². The summed E-state index contributed by atoms with van der Waals surface area (Å²) in [6.07, 6.45) is 0.183. The van der Waals surface area contributed by atoms with Crippen LogP contribution in [0.4, 0.5) is 0 Å². The van der Waals surface area contributed by atoms with Crippen LogP contribution in [0.1, 0.15) is 60.3 Å². The van der Waals surface area contributed by atoms with E-state index in [2.05, 4.69) is 10.6 Å². The van der Waals surface area contributed by atoms with Crippen LogP contribution in [0.15, 0.2) is 0 Å². The molecule has 0 fully saturated rings. The molecule has 40 heavy (non-hydrogen) atoms. The third-order valence-corrected chi connectivity index (χ3v) is 3.33. The van der Waals surface area contributed by atoms with E-state index in [0.717, 1.165) is 27.7 Å². The zero-order chi connectivity index (χ0) is 33.0. The van der Waals surface area contributed by atoms with Crippen molar-refractivity contribution in [2.24, 2.45) is 5.92 Å². The summed E-state index contributed by atoms with van der Waals surface area (Å²) in [6, 6.07) is -2.31. The monoisotopic (exact) mass is 588 g/mol. The van der Waals surface area contributed by atoms with E-state index in [0.29, 0.717) is 25.9 Å². The van der Waals surface area contributed by atoms with Gasteiger partial charge in [-0.3, -0.25) is 38.4 Å². The highest BCUT2D eigenvalue weighted by Gasteiger charge is 2.21. The highest BCUT2D eigenvalue weighted by molar-refractivity contribution is 5.81. The van der Waals surface area contributed by atoms with E-state index in [4.69, 9.17) is 60.0 Å². The van der Waals surface area contributed by atoms with Crippen LogP contribution >= 0.6 is 0 Å². The number of hydrogen-bond acceptors (Lipinski definition) is 10. The van der Waals surface area contributed by atoms with Crippen molar-refractivity contribution in [1.82, 2.24) is 10.6 Å². The lowest BCUT2D eigenvalue weighted by Gasteiger charge is -2.17. The Morgan fingerprint density at radius 1 is 0.550 bits per heavy atom. The molecule has 0 aromatic rings. The van der Waals surface area contributed by atoms with Crippen LogP contribution in [-0.4, -0.2) is 114 Å². The summed E-state index contributed by atoms with van der Waals surface area (Å²) in [6.45, 7) is 6.80. The minimum Gasteiger partial charge on any atom is -0.481 e. The van der Waals surface area contributed by atoms with E-state index in [1.807, 2.05) is 6.92 Å². The predicted molar refractivity (Wildman–Crippen MR) is 135 cm³/mol. The van der Waals surface area contributed by atoms with Crippen LogP contribution < -0.4 is 10.6 Å². The molecule has 1 unspecified atom stereocenters. The van der Waals surface area contributed by atoms with E-state index < -0.39 is 72.7 Å². The van der Waals surface area contributed by atoms with Gasteiger partial charge in [0.1, 0.15) is 12.1 Å². The topological polar surface area (TPSA) is 322 Å². The first-order chi connectivity index (χ1) is 18.1. The molecule has 3 atom stereocenters. The molecule has 0 spiro atoms. The number of hydrogen-bond donors (Lipinski definition) is 10. The molecule has 0 aliphatic rings. The van der Waals surface area contributed by atoms with Gasteiger partial charge in [0.05, 0.1) is 12.8 Å². The molecule has 0 radical (unpaired) electrons. The highest BCUT2D eigenvalue weighted by Crippen LogP contribution is 2.05. The molecule has 0 rings (SSSR count). The van der Waals surface area contributed by atoms with Crippen molar-refractivity contribution >= 4 is 47.8 Å². The lowest BCUT2D eigenvalue weighted by atomic mass is 10.0. The molecule has 0 bridgehead atoms. The molecule has 0 heterocycles. The van der Waals surface area contributed by atoms with Gasteiger partial charge in [-0.05, 0) is 31.8 Å². The molecule has 0 aliphatic carbocycles. The Morgan fingerprint density at radius 2 is 0.825 bits per heavy atom. The summed E-state index contributed by atoms with van der Waals surface area (Å²) in [4.78, 5) is 78.8. The van der Waals surface area contributed by atoms with E-state index in [-0.39, 0.29) is 5.92 Å². The second-order valence-corrected chi connectivity index (χ2v) is 7.66. The quantitative estimate of drug-likeness (QED) is 0.117. The van der Waals surface area contributed by atoms with Crippen LogP contribution in [0.5, 0.6) is 0 Å². The first kappa shape index (κ1) is 45.6. The van der Waals surface area contributed by atoms with Crippen molar-refractivity contribution < 1.29 is 79.2 Å². The summed E-state index contributed by atoms with van der Waals surface area (Å²) in [7, 11) is 0. The predicted octanol–water partition coefficient (Wildman–Crippen LogP) is -0.199. The largest absolute Gasteiger partial charge is 0.481 e. The molecular weight excluding hydrogens is 548 g/mol. The van der Waals surface area contributed by atoms with Gasteiger partial charge in [0.2, 0.25) is 0 Å². The van der Waals surface area contributed by atoms with Crippen LogP contribution in [0.25, 0.3) is 0 Å². The fourth-order valence-electron chi connectivity index (χ4n) is 2.02. The van der Waals surface area contributed by atoms with Crippen LogP contribution in [0.3, 0.4) is 0 Å². The maximum Gasteiger partial charge on any atom is 0.321 e. The fourth-order valence-corrected chi connectivity index (χ4v) is 2.02. The number of aliphatic carboxylic acids is 8.